The Kier molecular flexibility index (Phi) is 2.51. The van der Waals surface area contributed by atoms with E-state index in [0.29, 0.717) is 5.69 Å². The zero-order valence-electron chi connectivity index (χ0n) is 6.07. The first-order valence-corrected chi connectivity index (χ1v) is 3.39. The van der Waals surface area contributed by atoms with Gasteiger partial charge in [-0.15, -0.1) is 0 Å². The molecule has 0 heterocycles. The standard InChI is InChI=1S/C7H10BNO2/c9-7-3-1-6(2-4-7)5-8(10)11/h1-4,10-11H,5,9H2. The first-order valence-electron chi connectivity index (χ1n) is 3.39. The van der Waals surface area contributed by atoms with Crippen LogP contribution in [0.15, 0.2) is 24.3 Å². The molecule has 0 bridgehead atoms. The van der Waals surface area contributed by atoms with E-state index in [9.17, 15) is 0 Å². The van der Waals surface area contributed by atoms with Gasteiger partial charge in [0, 0.05) is 12.0 Å². The van der Waals surface area contributed by atoms with Crippen LogP contribution in [0.25, 0.3) is 0 Å². The molecule has 4 heteroatoms. The Hall–Kier alpha value is -0.995. The highest BCUT2D eigenvalue weighted by Gasteiger charge is 2.06. The summed E-state index contributed by atoms with van der Waals surface area (Å²) in [6.07, 6.45) is 0.250. The highest BCUT2D eigenvalue weighted by Crippen LogP contribution is 2.05. The van der Waals surface area contributed by atoms with E-state index in [4.69, 9.17) is 15.8 Å². The molecule has 0 aliphatic heterocycles. The minimum atomic E-state index is -1.28. The van der Waals surface area contributed by atoms with Gasteiger partial charge in [0.25, 0.3) is 0 Å². The average Bonchev–Trinajstić information content (AvgIpc) is 1.93. The summed E-state index contributed by atoms with van der Waals surface area (Å²) in [4.78, 5) is 0. The summed E-state index contributed by atoms with van der Waals surface area (Å²) in [5, 5.41) is 17.2. The number of nitrogen functional groups attached to an aromatic ring is 1. The number of anilines is 1. The summed E-state index contributed by atoms with van der Waals surface area (Å²) < 4.78 is 0. The van der Waals surface area contributed by atoms with E-state index < -0.39 is 7.12 Å². The molecule has 3 nitrogen and oxygen atoms in total. The van der Waals surface area contributed by atoms with Gasteiger partial charge >= 0.3 is 7.12 Å². The van der Waals surface area contributed by atoms with Gasteiger partial charge in [0.05, 0.1) is 0 Å². The third-order valence-corrected chi connectivity index (χ3v) is 1.40. The Balaban J connectivity index is 2.66. The molecule has 0 amide bonds. The van der Waals surface area contributed by atoms with Crippen molar-refractivity contribution >= 4 is 12.8 Å². The molecule has 0 unspecified atom stereocenters. The Morgan fingerprint density at radius 1 is 1.18 bits per heavy atom. The topological polar surface area (TPSA) is 66.5 Å². The van der Waals surface area contributed by atoms with Crippen molar-refractivity contribution in [1.82, 2.24) is 0 Å². The highest BCUT2D eigenvalue weighted by molar-refractivity contribution is 6.40. The van der Waals surface area contributed by atoms with E-state index in [1.807, 2.05) is 0 Å². The van der Waals surface area contributed by atoms with Crippen molar-refractivity contribution in [2.45, 2.75) is 6.32 Å². The molecule has 1 aromatic rings. The molecule has 0 saturated heterocycles. The van der Waals surface area contributed by atoms with Crippen LogP contribution in [0.3, 0.4) is 0 Å². The molecule has 58 valence electrons. The molecule has 4 N–H and O–H groups in total. The molecule has 0 atom stereocenters. The van der Waals surface area contributed by atoms with Crippen molar-refractivity contribution in [3.63, 3.8) is 0 Å². The predicted octanol–water partition coefficient (Wildman–Crippen LogP) is -0.177. The number of rotatable bonds is 2. The maximum atomic E-state index is 8.60. The molecule has 0 saturated carbocycles. The van der Waals surface area contributed by atoms with Crippen molar-refractivity contribution in [2.24, 2.45) is 0 Å². The molecule has 0 aliphatic rings. The van der Waals surface area contributed by atoms with Crippen LogP contribution in [0.4, 0.5) is 5.69 Å². The van der Waals surface area contributed by atoms with E-state index >= 15 is 0 Å². The van der Waals surface area contributed by atoms with E-state index in [1.54, 1.807) is 24.3 Å². The second-order valence-electron chi connectivity index (χ2n) is 2.43. The fourth-order valence-electron chi connectivity index (χ4n) is 0.865. The van der Waals surface area contributed by atoms with Crippen LogP contribution in [-0.2, 0) is 6.32 Å². The quantitative estimate of drug-likeness (QED) is 0.405. The summed E-state index contributed by atoms with van der Waals surface area (Å²) >= 11 is 0. The Bertz CT molecular complexity index is 222. The van der Waals surface area contributed by atoms with Gasteiger partial charge in [0.1, 0.15) is 0 Å². The fraction of sp³-hybridized carbons (Fsp3) is 0.143. The van der Waals surface area contributed by atoms with Crippen LogP contribution in [0, 0.1) is 0 Å². The number of hydrogen-bond acceptors (Lipinski definition) is 3. The molecule has 0 aliphatic carbocycles. The van der Waals surface area contributed by atoms with Crippen molar-refractivity contribution in [3.05, 3.63) is 29.8 Å². The third kappa shape index (κ3) is 2.61. The molecule has 0 aromatic heterocycles. The van der Waals surface area contributed by atoms with Crippen LogP contribution in [-0.4, -0.2) is 17.2 Å². The molecule has 1 rings (SSSR count). The lowest BCUT2D eigenvalue weighted by Gasteiger charge is -1.99. The van der Waals surface area contributed by atoms with Gasteiger partial charge in [0.2, 0.25) is 0 Å². The van der Waals surface area contributed by atoms with E-state index in [1.165, 1.54) is 0 Å². The number of benzene rings is 1. The van der Waals surface area contributed by atoms with Crippen LogP contribution in [0.2, 0.25) is 0 Å². The maximum absolute atomic E-state index is 8.60. The monoisotopic (exact) mass is 151 g/mol. The summed E-state index contributed by atoms with van der Waals surface area (Å²) in [5.74, 6) is 0. The smallest absolute Gasteiger partial charge is 0.427 e. The van der Waals surface area contributed by atoms with E-state index in [2.05, 4.69) is 0 Å². The van der Waals surface area contributed by atoms with Crippen LogP contribution in [0.5, 0.6) is 0 Å². The van der Waals surface area contributed by atoms with Gasteiger partial charge in [-0.25, -0.2) is 0 Å². The number of hydrogen-bond donors (Lipinski definition) is 3. The summed E-state index contributed by atoms with van der Waals surface area (Å²) in [6.45, 7) is 0. The van der Waals surface area contributed by atoms with Gasteiger partial charge in [-0.1, -0.05) is 12.1 Å². The zero-order valence-corrected chi connectivity index (χ0v) is 6.07. The molecular formula is C7H10BNO2. The molecule has 0 fully saturated rings. The van der Waals surface area contributed by atoms with Crippen molar-refractivity contribution in [1.29, 1.82) is 0 Å². The van der Waals surface area contributed by atoms with Gasteiger partial charge in [0.15, 0.2) is 0 Å². The Morgan fingerprint density at radius 3 is 2.18 bits per heavy atom. The minimum Gasteiger partial charge on any atom is -0.427 e. The van der Waals surface area contributed by atoms with Crippen molar-refractivity contribution in [2.75, 3.05) is 5.73 Å². The molecular weight excluding hydrogens is 141 g/mol. The first-order chi connectivity index (χ1) is 5.18. The van der Waals surface area contributed by atoms with Crippen LogP contribution < -0.4 is 5.73 Å². The molecule has 0 radical (unpaired) electrons. The Morgan fingerprint density at radius 2 is 1.73 bits per heavy atom. The van der Waals surface area contributed by atoms with E-state index in [0.717, 1.165) is 5.56 Å². The van der Waals surface area contributed by atoms with Crippen molar-refractivity contribution in [3.8, 4) is 0 Å². The van der Waals surface area contributed by atoms with Crippen LogP contribution in [0.1, 0.15) is 5.56 Å². The second-order valence-corrected chi connectivity index (χ2v) is 2.43. The van der Waals surface area contributed by atoms with Crippen molar-refractivity contribution < 1.29 is 10.0 Å². The summed E-state index contributed by atoms with van der Waals surface area (Å²) in [5.41, 5.74) is 6.98. The Labute approximate surface area is 65.6 Å². The normalized spacial score (nSPS) is 9.64. The highest BCUT2D eigenvalue weighted by atomic mass is 16.4. The van der Waals surface area contributed by atoms with Gasteiger partial charge in [-0.2, -0.15) is 0 Å². The van der Waals surface area contributed by atoms with Crippen LogP contribution >= 0.6 is 0 Å². The SMILES string of the molecule is Nc1ccc(CB(O)O)cc1. The molecule has 1 aromatic carbocycles. The minimum absolute atomic E-state index is 0.250. The molecule has 0 spiro atoms. The zero-order chi connectivity index (χ0) is 8.27. The maximum Gasteiger partial charge on any atom is 0.456 e. The fourth-order valence-corrected chi connectivity index (χ4v) is 0.865. The predicted molar refractivity (Wildman–Crippen MR) is 44.8 cm³/mol. The first kappa shape index (κ1) is 8.10. The second kappa shape index (κ2) is 3.41. The molecule has 11 heavy (non-hydrogen) atoms. The lowest BCUT2D eigenvalue weighted by Crippen LogP contribution is -2.14. The van der Waals surface area contributed by atoms with E-state index in [-0.39, 0.29) is 6.32 Å². The lowest BCUT2D eigenvalue weighted by atomic mass is 9.82. The lowest BCUT2D eigenvalue weighted by molar-refractivity contribution is 0.405. The summed E-state index contributed by atoms with van der Waals surface area (Å²) in [6, 6.07) is 7.01. The third-order valence-electron chi connectivity index (χ3n) is 1.40. The van der Waals surface area contributed by atoms with Gasteiger partial charge in [-0.3, -0.25) is 0 Å². The largest absolute Gasteiger partial charge is 0.456 e. The average molecular weight is 151 g/mol. The summed E-state index contributed by atoms with van der Waals surface area (Å²) in [7, 11) is -1.28. The van der Waals surface area contributed by atoms with Gasteiger partial charge in [-0.05, 0) is 17.7 Å². The van der Waals surface area contributed by atoms with Gasteiger partial charge < -0.3 is 15.8 Å². The number of nitrogens with two attached hydrogens (primary N) is 1.